The molecule has 134 valence electrons. The molecule has 1 N–H and O–H groups in total. The zero-order chi connectivity index (χ0) is 17.9. The number of aromatic nitrogens is 4. The largest absolute Gasteiger partial charge is 0.356 e. The summed E-state index contributed by atoms with van der Waals surface area (Å²) in [7, 11) is 0. The second kappa shape index (κ2) is 7.29. The summed E-state index contributed by atoms with van der Waals surface area (Å²) in [4.78, 5) is 23.1. The third-order valence-corrected chi connectivity index (χ3v) is 4.79. The van der Waals surface area contributed by atoms with E-state index in [9.17, 15) is 4.79 Å². The smallest absolute Gasteiger partial charge is 0.226 e. The molecule has 8 heteroatoms. The van der Waals surface area contributed by atoms with Crippen molar-refractivity contribution in [3.8, 4) is 0 Å². The summed E-state index contributed by atoms with van der Waals surface area (Å²) in [6.07, 6.45) is 6.53. The van der Waals surface area contributed by atoms with Gasteiger partial charge in [0.2, 0.25) is 5.91 Å². The van der Waals surface area contributed by atoms with E-state index in [2.05, 4.69) is 25.3 Å². The standard InChI is InChI=1S/C18H19ClN6O/c19-14-1-2-15(20-11-14)9-18(26)21-10-13-4-7-24(12-13)16-5-8-25-17(23-16)3-6-22-25/h1-3,5-6,8,11,13H,4,7,9-10,12H2,(H,21,26). The SMILES string of the molecule is O=C(Cc1ccc(Cl)cn1)NCC1CCN(c2ccn3nccc3n2)C1. The number of fused-ring (bicyclic) bond motifs is 1. The van der Waals surface area contributed by atoms with Gasteiger partial charge in [0.05, 0.1) is 17.6 Å². The van der Waals surface area contributed by atoms with Gasteiger partial charge in [-0.1, -0.05) is 11.6 Å². The van der Waals surface area contributed by atoms with E-state index in [1.165, 1.54) is 0 Å². The van der Waals surface area contributed by atoms with Crippen LogP contribution < -0.4 is 10.2 Å². The molecule has 1 atom stereocenters. The number of hydrogen-bond donors (Lipinski definition) is 1. The van der Waals surface area contributed by atoms with Crippen molar-refractivity contribution in [2.45, 2.75) is 12.8 Å². The first kappa shape index (κ1) is 16.8. The fourth-order valence-electron chi connectivity index (χ4n) is 3.18. The van der Waals surface area contributed by atoms with Crippen LogP contribution in [0.1, 0.15) is 12.1 Å². The van der Waals surface area contributed by atoms with Gasteiger partial charge in [-0.05, 0) is 30.5 Å². The summed E-state index contributed by atoms with van der Waals surface area (Å²) >= 11 is 5.81. The van der Waals surface area contributed by atoms with Crippen LogP contribution in [0.25, 0.3) is 5.65 Å². The first-order chi connectivity index (χ1) is 12.7. The molecule has 1 saturated heterocycles. The summed E-state index contributed by atoms with van der Waals surface area (Å²) in [6.45, 7) is 2.49. The lowest BCUT2D eigenvalue weighted by molar-refractivity contribution is -0.120. The molecule has 1 amide bonds. The van der Waals surface area contributed by atoms with Gasteiger partial charge in [-0.2, -0.15) is 5.10 Å². The minimum atomic E-state index is -0.0166. The lowest BCUT2D eigenvalue weighted by Gasteiger charge is -2.17. The van der Waals surface area contributed by atoms with Crippen molar-refractivity contribution in [3.63, 3.8) is 0 Å². The molecule has 0 spiro atoms. The Bertz CT molecular complexity index is 909. The van der Waals surface area contributed by atoms with Gasteiger partial charge in [0.15, 0.2) is 5.65 Å². The van der Waals surface area contributed by atoms with E-state index in [1.807, 2.05) is 18.3 Å². The van der Waals surface area contributed by atoms with E-state index in [4.69, 9.17) is 11.6 Å². The van der Waals surface area contributed by atoms with Gasteiger partial charge in [-0.3, -0.25) is 9.78 Å². The van der Waals surface area contributed by atoms with E-state index in [0.29, 0.717) is 17.5 Å². The summed E-state index contributed by atoms with van der Waals surface area (Å²) < 4.78 is 1.75. The number of nitrogens with one attached hydrogen (secondary N) is 1. The van der Waals surface area contributed by atoms with E-state index < -0.39 is 0 Å². The molecule has 4 rings (SSSR count). The zero-order valence-corrected chi connectivity index (χ0v) is 14.9. The van der Waals surface area contributed by atoms with Crippen LogP contribution in [0, 0.1) is 5.92 Å². The van der Waals surface area contributed by atoms with Crippen molar-refractivity contribution >= 4 is 29.0 Å². The van der Waals surface area contributed by atoms with E-state index in [-0.39, 0.29) is 12.3 Å². The van der Waals surface area contributed by atoms with Crippen molar-refractivity contribution in [2.24, 2.45) is 5.92 Å². The predicted molar refractivity (Wildman–Crippen MR) is 99.3 cm³/mol. The average Bonchev–Trinajstić information content (AvgIpc) is 3.30. The summed E-state index contributed by atoms with van der Waals surface area (Å²) in [5.41, 5.74) is 1.56. The number of nitrogens with zero attached hydrogens (tertiary/aromatic N) is 5. The minimum absolute atomic E-state index is 0.0166. The number of anilines is 1. The molecule has 0 saturated carbocycles. The van der Waals surface area contributed by atoms with Crippen LogP contribution in [0.4, 0.5) is 5.82 Å². The molecular formula is C18H19ClN6O. The van der Waals surface area contributed by atoms with E-state index in [0.717, 1.165) is 36.7 Å². The van der Waals surface area contributed by atoms with Crippen molar-refractivity contribution < 1.29 is 4.79 Å². The van der Waals surface area contributed by atoms with Gasteiger partial charge in [0, 0.05) is 43.8 Å². The van der Waals surface area contributed by atoms with Crippen LogP contribution in [0.5, 0.6) is 0 Å². The molecule has 0 radical (unpaired) electrons. The topological polar surface area (TPSA) is 75.4 Å². The molecule has 1 fully saturated rings. The maximum absolute atomic E-state index is 12.1. The molecule has 1 aliphatic heterocycles. The van der Waals surface area contributed by atoms with E-state index in [1.54, 1.807) is 29.0 Å². The maximum Gasteiger partial charge on any atom is 0.226 e. The van der Waals surface area contributed by atoms with Crippen LogP contribution in [0.3, 0.4) is 0 Å². The number of halogens is 1. The van der Waals surface area contributed by atoms with Gasteiger partial charge in [-0.25, -0.2) is 9.50 Å². The summed E-state index contributed by atoms with van der Waals surface area (Å²) in [5.74, 6) is 1.36. The van der Waals surface area contributed by atoms with Crippen molar-refractivity contribution in [1.82, 2.24) is 24.9 Å². The number of carbonyl (C=O) groups is 1. The highest BCUT2D eigenvalue weighted by Gasteiger charge is 2.24. The number of rotatable bonds is 5. The Morgan fingerprint density at radius 2 is 2.23 bits per heavy atom. The van der Waals surface area contributed by atoms with Crippen molar-refractivity contribution in [3.05, 3.63) is 53.6 Å². The minimum Gasteiger partial charge on any atom is -0.356 e. The Kier molecular flexibility index (Phi) is 4.71. The molecule has 0 bridgehead atoms. The fourth-order valence-corrected chi connectivity index (χ4v) is 3.29. The first-order valence-corrected chi connectivity index (χ1v) is 8.97. The van der Waals surface area contributed by atoms with Crippen LogP contribution >= 0.6 is 11.6 Å². The molecule has 26 heavy (non-hydrogen) atoms. The Morgan fingerprint density at radius 3 is 3.08 bits per heavy atom. The lowest BCUT2D eigenvalue weighted by Crippen LogP contribution is -2.32. The number of carbonyl (C=O) groups excluding carboxylic acids is 1. The normalized spacial score (nSPS) is 17.0. The molecule has 1 aliphatic rings. The Labute approximate surface area is 156 Å². The molecular weight excluding hydrogens is 352 g/mol. The number of pyridine rings is 1. The number of hydrogen-bond acceptors (Lipinski definition) is 5. The van der Waals surface area contributed by atoms with Crippen LogP contribution in [0.15, 0.2) is 42.9 Å². The fraction of sp³-hybridized carbons (Fsp3) is 0.333. The van der Waals surface area contributed by atoms with Gasteiger partial charge in [-0.15, -0.1) is 0 Å². The second-order valence-electron chi connectivity index (χ2n) is 6.47. The zero-order valence-electron chi connectivity index (χ0n) is 14.2. The third-order valence-electron chi connectivity index (χ3n) is 4.57. The first-order valence-electron chi connectivity index (χ1n) is 8.60. The number of amides is 1. The molecule has 4 heterocycles. The molecule has 0 aliphatic carbocycles. The highest BCUT2D eigenvalue weighted by molar-refractivity contribution is 6.30. The highest BCUT2D eigenvalue weighted by Crippen LogP contribution is 2.22. The monoisotopic (exact) mass is 370 g/mol. The van der Waals surface area contributed by atoms with Gasteiger partial charge in [0.25, 0.3) is 0 Å². The van der Waals surface area contributed by atoms with Crippen LogP contribution in [-0.4, -0.2) is 45.1 Å². The van der Waals surface area contributed by atoms with Crippen molar-refractivity contribution in [1.29, 1.82) is 0 Å². The second-order valence-corrected chi connectivity index (χ2v) is 6.91. The van der Waals surface area contributed by atoms with Crippen LogP contribution in [0.2, 0.25) is 5.02 Å². The third kappa shape index (κ3) is 3.77. The average molecular weight is 371 g/mol. The molecule has 3 aromatic rings. The van der Waals surface area contributed by atoms with Crippen LogP contribution in [-0.2, 0) is 11.2 Å². The molecule has 7 nitrogen and oxygen atoms in total. The summed E-state index contributed by atoms with van der Waals surface area (Å²) in [6, 6.07) is 7.39. The Balaban J connectivity index is 1.28. The molecule has 3 aromatic heterocycles. The van der Waals surface area contributed by atoms with Gasteiger partial charge >= 0.3 is 0 Å². The molecule has 0 aromatic carbocycles. The Morgan fingerprint density at radius 1 is 1.31 bits per heavy atom. The Hall–Kier alpha value is -2.67. The lowest BCUT2D eigenvalue weighted by atomic mass is 10.1. The maximum atomic E-state index is 12.1. The molecule has 1 unspecified atom stereocenters. The van der Waals surface area contributed by atoms with E-state index >= 15 is 0 Å². The quantitative estimate of drug-likeness (QED) is 0.743. The van der Waals surface area contributed by atoms with Gasteiger partial charge < -0.3 is 10.2 Å². The highest BCUT2D eigenvalue weighted by atomic mass is 35.5. The summed E-state index contributed by atoms with van der Waals surface area (Å²) in [5, 5.41) is 7.75. The van der Waals surface area contributed by atoms with Crippen molar-refractivity contribution in [2.75, 3.05) is 24.5 Å². The van der Waals surface area contributed by atoms with Gasteiger partial charge in [0.1, 0.15) is 5.82 Å². The predicted octanol–water partition coefficient (Wildman–Crippen LogP) is 1.96.